The molecule has 0 radical (unpaired) electrons. The van der Waals surface area contributed by atoms with Crippen LogP contribution >= 0.6 is 23.2 Å². The molecular weight excluding hydrogens is 197 g/mol. The molecule has 0 aliphatic heterocycles. The summed E-state index contributed by atoms with van der Waals surface area (Å²) in [6, 6.07) is 2.00. The van der Waals surface area contributed by atoms with Crippen LogP contribution in [0.1, 0.15) is 11.6 Å². The molecule has 0 aliphatic rings. The molecule has 5 heteroatoms. The summed E-state index contributed by atoms with van der Waals surface area (Å²) in [5, 5.41) is 9.03. The van der Waals surface area contributed by atoms with Gasteiger partial charge in [0.25, 0.3) is 0 Å². The summed E-state index contributed by atoms with van der Waals surface area (Å²) in [5.74, 6) is -0.269. The topological polar surface area (TPSA) is 49.6 Å². The average Bonchev–Trinajstić information content (AvgIpc) is 2.10. The summed E-state index contributed by atoms with van der Waals surface area (Å²) in [6.45, 7) is 0. The van der Waals surface area contributed by atoms with Crippen molar-refractivity contribution in [3.8, 4) is 6.07 Å². The maximum Gasteiger partial charge on any atom is 0.115 e. The SMILES string of the molecule is N#CC(CCl)c1ncncc1Cl. The Bertz CT molecular complexity index is 308. The third kappa shape index (κ3) is 1.84. The van der Waals surface area contributed by atoms with E-state index in [-0.39, 0.29) is 5.88 Å². The molecule has 1 aromatic heterocycles. The van der Waals surface area contributed by atoms with Crippen molar-refractivity contribution in [2.75, 3.05) is 5.88 Å². The van der Waals surface area contributed by atoms with Crippen LogP contribution in [0.2, 0.25) is 5.02 Å². The van der Waals surface area contributed by atoms with Gasteiger partial charge in [-0.25, -0.2) is 9.97 Å². The molecule has 62 valence electrons. The molecule has 0 saturated heterocycles. The fraction of sp³-hybridized carbons (Fsp3) is 0.286. The van der Waals surface area contributed by atoms with Crippen LogP contribution in [0.3, 0.4) is 0 Å². The van der Waals surface area contributed by atoms with Crippen LogP contribution in [0.25, 0.3) is 0 Å². The summed E-state index contributed by atoms with van der Waals surface area (Å²) < 4.78 is 0. The molecule has 1 unspecified atom stereocenters. The number of hydrogen-bond acceptors (Lipinski definition) is 3. The molecule has 0 aromatic carbocycles. The Labute approximate surface area is 80.0 Å². The zero-order valence-electron chi connectivity index (χ0n) is 6.04. The van der Waals surface area contributed by atoms with Gasteiger partial charge in [-0.05, 0) is 0 Å². The van der Waals surface area contributed by atoms with Gasteiger partial charge in [0.05, 0.1) is 16.8 Å². The van der Waals surface area contributed by atoms with E-state index in [2.05, 4.69) is 9.97 Å². The first-order chi connectivity index (χ1) is 5.79. The molecule has 1 rings (SSSR count). The minimum absolute atomic E-state index is 0.188. The van der Waals surface area contributed by atoms with Gasteiger partial charge in [-0.15, -0.1) is 11.6 Å². The molecule has 1 aromatic rings. The van der Waals surface area contributed by atoms with Gasteiger partial charge in [-0.2, -0.15) is 5.26 Å². The van der Waals surface area contributed by atoms with E-state index >= 15 is 0 Å². The van der Waals surface area contributed by atoms with Crippen LogP contribution in [-0.4, -0.2) is 15.8 Å². The molecule has 0 aliphatic carbocycles. The fourth-order valence-corrected chi connectivity index (χ4v) is 1.20. The van der Waals surface area contributed by atoms with Crippen LogP contribution in [0.15, 0.2) is 12.5 Å². The number of halogens is 2. The maximum absolute atomic E-state index is 8.65. The third-order valence-electron chi connectivity index (χ3n) is 1.34. The Morgan fingerprint density at radius 1 is 1.67 bits per heavy atom. The number of alkyl halides is 1. The summed E-state index contributed by atoms with van der Waals surface area (Å²) in [6.07, 6.45) is 2.79. The van der Waals surface area contributed by atoms with Crippen LogP contribution in [-0.2, 0) is 0 Å². The lowest BCUT2D eigenvalue weighted by atomic mass is 10.1. The first-order valence-electron chi connectivity index (χ1n) is 3.20. The smallest absolute Gasteiger partial charge is 0.115 e. The highest BCUT2D eigenvalue weighted by molar-refractivity contribution is 6.31. The summed E-state index contributed by atoms with van der Waals surface area (Å²) in [4.78, 5) is 7.57. The number of nitrogens with zero attached hydrogens (tertiary/aromatic N) is 3. The van der Waals surface area contributed by atoms with E-state index < -0.39 is 5.92 Å². The zero-order chi connectivity index (χ0) is 8.97. The first-order valence-corrected chi connectivity index (χ1v) is 4.11. The second kappa shape index (κ2) is 4.24. The molecule has 0 bridgehead atoms. The Balaban J connectivity index is 3.02. The molecule has 1 atom stereocenters. The van der Waals surface area contributed by atoms with E-state index in [1.54, 1.807) is 0 Å². The highest BCUT2D eigenvalue weighted by atomic mass is 35.5. The van der Waals surface area contributed by atoms with Crippen molar-refractivity contribution >= 4 is 23.2 Å². The predicted molar refractivity (Wildman–Crippen MR) is 46.1 cm³/mol. The van der Waals surface area contributed by atoms with Crippen LogP contribution in [0, 0.1) is 11.3 Å². The molecule has 3 nitrogen and oxygen atoms in total. The van der Waals surface area contributed by atoms with Crippen molar-refractivity contribution in [2.45, 2.75) is 5.92 Å². The molecule has 0 saturated carbocycles. The molecule has 0 amide bonds. The van der Waals surface area contributed by atoms with Crippen LogP contribution < -0.4 is 0 Å². The standard InChI is InChI=1S/C7H5Cl2N3/c8-1-5(2-10)7-6(9)3-11-4-12-7/h3-5H,1H2. The zero-order valence-corrected chi connectivity index (χ0v) is 7.55. The van der Waals surface area contributed by atoms with Gasteiger partial charge in [0.1, 0.15) is 12.2 Å². The van der Waals surface area contributed by atoms with Crippen LogP contribution in [0.5, 0.6) is 0 Å². The first kappa shape index (κ1) is 9.24. The Hall–Kier alpha value is -0.850. The van der Waals surface area contributed by atoms with E-state index in [0.29, 0.717) is 10.7 Å². The quantitative estimate of drug-likeness (QED) is 0.688. The van der Waals surface area contributed by atoms with Crippen molar-refractivity contribution in [1.29, 1.82) is 5.26 Å². The van der Waals surface area contributed by atoms with Gasteiger partial charge in [-0.3, -0.25) is 0 Å². The molecular formula is C7H5Cl2N3. The van der Waals surface area contributed by atoms with Gasteiger partial charge in [0.2, 0.25) is 0 Å². The fourth-order valence-electron chi connectivity index (χ4n) is 0.747. The Kier molecular flexibility index (Phi) is 3.27. The van der Waals surface area contributed by atoms with Crippen molar-refractivity contribution in [2.24, 2.45) is 0 Å². The van der Waals surface area contributed by atoms with Gasteiger partial charge in [0.15, 0.2) is 0 Å². The van der Waals surface area contributed by atoms with Gasteiger partial charge >= 0.3 is 0 Å². The normalized spacial score (nSPS) is 12.1. The molecule has 0 N–H and O–H groups in total. The molecule has 0 spiro atoms. The maximum atomic E-state index is 8.65. The van der Waals surface area contributed by atoms with E-state index in [4.69, 9.17) is 28.5 Å². The highest BCUT2D eigenvalue weighted by Crippen LogP contribution is 2.21. The molecule has 12 heavy (non-hydrogen) atoms. The number of hydrogen-bond donors (Lipinski definition) is 0. The van der Waals surface area contributed by atoms with Crippen molar-refractivity contribution in [1.82, 2.24) is 9.97 Å². The summed E-state index contributed by atoms with van der Waals surface area (Å²) >= 11 is 11.3. The number of aromatic nitrogens is 2. The van der Waals surface area contributed by atoms with Crippen molar-refractivity contribution in [3.63, 3.8) is 0 Å². The monoisotopic (exact) mass is 201 g/mol. The van der Waals surface area contributed by atoms with E-state index in [1.165, 1.54) is 12.5 Å². The van der Waals surface area contributed by atoms with Gasteiger partial charge < -0.3 is 0 Å². The average molecular weight is 202 g/mol. The second-order valence-corrected chi connectivity index (χ2v) is 2.81. The number of rotatable bonds is 2. The lowest BCUT2D eigenvalue weighted by molar-refractivity contribution is 0.910. The van der Waals surface area contributed by atoms with E-state index in [1.807, 2.05) is 6.07 Å². The minimum atomic E-state index is -0.456. The van der Waals surface area contributed by atoms with Crippen molar-refractivity contribution in [3.05, 3.63) is 23.2 Å². The third-order valence-corrected chi connectivity index (χ3v) is 1.94. The minimum Gasteiger partial charge on any atom is -0.243 e. The molecule has 0 fully saturated rings. The summed E-state index contributed by atoms with van der Waals surface area (Å²) in [5.41, 5.74) is 0.490. The van der Waals surface area contributed by atoms with E-state index in [9.17, 15) is 0 Å². The lowest BCUT2D eigenvalue weighted by Crippen LogP contribution is -2.01. The predicted octanol–water partition coefficient (Wildman–Crippen LogP) is 1.98. The van der Waals surface area contributed by atoms with Gasteiger partial charge in [-0.1, -0.05) is 11.6 Å². The lowest BCUT2D eigenvalue weighted by Gasteiger charge is -2.04. The van der Waals surface area contributed by atoms with Gasteiger partial charge in [0, 0.05) is 12.1 Å². The van der Waals surface area contributed by atoms with Crippen LogP contribution in [0.4, 0.5) is 0 Å². The largest absolute Gasteiger partial charge is 0.243 e. The summed E-state index contributed by atoms with van der Waals surface area (Å²) in [7, 11) is 0. The Morgan fingerprint density at radius 2 is 2.42 bits per heavy atom. The van der Waals surface area contributed by atoms with E-state index in [0.717, 1.165) is 0 Å². The Morgan fingerprint density at radius 3 is 2.92 bits per heavy atom. The second-order valence-electron chi connectivity index (χ2n) is 2.09. The molecule has 1 heterocycles. The van der Waals surface area contributed by atoms with Crippen molar-refractivity contribution < 1.29 is 0 Å². The number of nitriles is 1. The highest BCUT2D eigenvalue weighted by Gasteiger charge is 2.13.